The zero-order valence-electron chi connectivity index (χ0n) is 45.9. The summed E-state index contributed by atoms with van der Waals surface area (Å²) < 4.78 is 5.50. The van der Waals surface area contributed by atoms with E-state index in [0.717, 1.165) is 6.42 Å². The molecule has 7 aromatic carbocycles. The van der Waals surface area contributed by atoms with Crippen LogP contribution < -0.4 is 25.3 Å². The van der Waals surface area contributed by atoms with E-state index >= 15 is 0 Å². The van der Waals surface area contributed by atoms with Crippen molar-refractivity contribution in [2.45, 2.75) is 136 Å². The third kappa shape index (κ3) is 6.26. The second kappa shape index (κ2) is 14.8. The van der Waals surface area contributed by atoms with Gasteiger partial charge >= 0.3 is 0 Å². The number of hydrogen-bond donors (Lipinski definition) is 0. The molecular weight excluding hydrogens is 914 g/mol. The lowest BCUT2D eigenvalue weighted by Gasteiger charge is -2.48. The first-order valence-electron chi connectivity index (χ1n) is 27.2. The van der Waals surface area contributed by atoms with E-state index in [1.54, 1.807) is 0 Å². The van der Waals surface area contributed by atoms with Crippen LogP contribution in [0.15, 0.2) is 140 Å². The van der Waals surface area contributed by atoms with Gasteiger partial charge in [-0.3, -0.25) is 0 Å². The summed E-state index contributed by atoms with van der Waals surface area (Å²) in [5.41, 5.74) is 25.7. The molecule has 0 bridgehead atoms. The van der Waals surface area contributed by atoms with E-state index < -0.39 is 0 Å². The van der Waals surface area contributed by atoms with Gasteiger partial charge in [-0.05, 0) is 162 Å². The Balaban J connectivity index is 1.14. The van der Waals surface area contributed by atoms with Crippen LogP contribution in [0.1, 0.15) is 136 Å². The maximum atomic E-state index is 2.74. The highest BCUT2D eigenvalue weighted by Crippen LogP contribution is 2.57. The van der Waals surface area contributed by atoms with E-state index in [1.807, 2.05) is 0 Å². The fourth-order valence-electron chi connectivity index (χ4n) is 13.9. The zero-order valence-corrected chi connectivity index (χ0v) is 46.7. The molecule has 4 aliphatic rings. The van der Waals surface area contributed by atoms with E-state index in [4.69, 9.17) is 0 Å². The van der Waals surface area contributed by atoms with Crippen molar-refractivity contribution in [3.63, 3.8) is 0 Å². The molecule has 2 aliphatic heterocycles. The normalized spacial score (nSPS) is 16.9. The average molecular weight is 982 g/mol. The molecule has 0 N–H and O–H groups in total. The maximum absolute atomic E-state index is 2.74. The lowest BCUT2D eigenvalue weighted by Crippen LogP contribution is -2.58. The number of anilines is 5. The van der Waals surface area contributed by atoms with E-state index in [1.165, 1.54) is 137 Å². The van der Waals surface area contributed by atoms with E-state index in [9.17, 15) is 0 Å². The summed E-state index contributed by atoms with van der Waals surface area (Å²) in [6.07, 6.45) is 0.936. The van der Waals surface area contributed by atoms with Crippen LogP contribution in [0.2, 0.25) is 5.82 Å². The number of aromatic nitrogens is 1. The second-order valence-electron chi connectivity index (χ2n) is 27.0. The lowest BCUT2D eigenvalue weighted by atomic mass is 9.31. The van der Waals surface area contributed by atoms with E-state index in [2.05, 4.69) is 262 Å². The van der Waals surface area contributed by atoms with Crippen molar-refractivity contribution in [3.05, 3.63) is 184 Å². The molecule has 0 radical (unpaired) electrons. The van der Waals surface area contributed by atoms with Crippen molar-refractivity contribution in [3.8, 4) is 11.1 Å². The number of nitrogens with zero attached hydrogens (tertiary/aromatic N) is 3. The van der Waals surface area contributed by atoms with Crippen LogP contribution in [0.5, 0.6) is 0 Å². The number of rotatable bonds is 2. The SMILES string of the molecule is CC(C)(C)c1ccc(N2C3=c4c5cc(C(C)(C)C)ccc5n5c4c(c4cc(C(C)(C)C)ccc45)CC3B3c4sc5cc6c(cc5c4N(c4ccc(C(C)(C)C)cc4)c4cccc2c43)-c2ccccc2C6(C)C)cc1. The minimum absolute atomic E-state index is 0.0131. The number of hydrogen-bond acceptors (Lipinski definition) is 3. The third-order valence-electron chi connectivity index (χ3n) is 18.0. The molecule has 1 unspecified atom stereocenters. The fourth-order valence-corrected chi connectivity index (χ4v) is 15.3. The quantitative estimate of drug-likeness (QED) is 0.160. The van der Waals surface area contributed by atoms with E-state index in [0.29, 0.717) is 0 Å². The first-order chi connectivity index (χ1) is 35.0. The van der Waals surface area contributed by atoms with Crippen molar-refractivity contribution in [2.75, 3.05) is 9.80 Å². The monoisotopic (exact) mass is 982 g/mol. The molecule has 5 heterocycles. The number of fused-ring (bicyclic) bond motifs is 15. The fraction of sp³-hybridized carbons (Fsp3) is 0.304. The highest BCUT2D eigenvalue weighted by atomic mass is 32.1. The molecular formula is C69H68BN3S. The van der Waals surface area contributed by atoms with Crippen LogP contribution in [0.4, 0.5) is 28.4 Å². The van der Waals surface area contributed by atoms with Gasteiger partial charge in [0, 0.05) is 64.7 Å². The minimum atomic E-state index is -0.101. The standard InChI is InChI=1S/C69H68BN3S/c1-65(2,3)39-22-28-43(29-23-39)71-56-20-17-21-57-60(56)70(64-62(71)50-36-46-45-18-15-16-19-51(45)69(13,14)52(46)38-58(50)74-64)53-37-48-47-34-41(67(7,8)9)26-32-54(47)73-55-33-27-42(68(10,11)12)35-49(55)59(61(48)73)63(53)72(57)44-30-24-40(25-31-44)66(4,5)6/h15-36,38,53H,37H2,1-14H3. The van der Waals surface area contributed by atoms with Crippen LogP contribution in [0.3, 0.4) is 0 Å². The predicted molar refractivity (Wildman–Crippen MR) is 321 cm³/mol. The maximum Gasteiger partial charge on any atom is 0.239 e. The summed E-state index contributed by atoms with van der Waals surface area (Å²) in [6, 6.07) is 55.5. The van der Waals surface area contributed by atoms with Crippen LogP contribution in [0, 0.1) is 0 Å². The predicted octanol–water partition coefficient (Wildman–Crippen LogP) is 17.0. The van der Waals surface area contributed by atoms with Gasteiger partial charge in [-0.2, -0.15) is 0 Å². The van der Waals surface area contributed by atoms with Gasteiger partial charge in [0.05, 0.1) is 22.2 Å². The Morgan fingerprint density at radius 2 is 1.05 bits per heavy atom. The second-order valence-corrected chi connectivity index (χ2v) is 28.1. The van der Waals surface area contributed by atoms with Gasteiger partial charge in [-0.25, -0.2) is 0 Å². The Hall–Kier alpha value is -6.56. The molecule has 74 heavy (non-hydrogen) atoms. The first-order valence-corrected chi connectivity index (χ1v) is 28.0. The number of benzene rings is 7. The van der Waals surface area contributed by atoms with Gasteiger partial charge in [-0.15, -0.1) is 11.3 Å². The van der Waals surface area contributed by atoms with Crippen LogP contribution in [-0.4, -0.2) is 11.1 Å². The van der Waals surface area contributed by atoms with Crippen LogP contribution >= 0.6 is 11.3 Å². The molecule has 1 atom stereocenters. The minimum Gasteiger partial charge on any atom is -0.314 e. The summed E-state index contributed by atoms with van der Waals surface area (Å²) in [5, 5.41) is 5.52. The molecule has 0 amide bonds. The molecule has 3 aromatic heterocycles. The summed E-state index contributed by atoms with van der Waals surface area (Å²) in [4.78, 5) is 5.41. The molecule has 3 nitrogen and oxygen atoms in total. The summed E-state index contributed by atoms with van der Waals surface area (Å²) in [7, 11) is 0. The largest absolute Gasteiger partial charge is 0.314 e. The Labute approximate surface area is 442 Å². The highest BCUT2D eigenvalue weighted by Gasteiger charge is 2.52. The summed E-state index contributed by atoms with van der Waals surface area (Å²) in [6.45, 7) is 33.1. The summed E-state index contributed by atoms with van der Waals surface area (Å²) in [5.74, 6) is 0.135. The van der Waals surface area contributed by atoms with Gasteiger partial charge < -0.3 is 14.2 Å². The zero-order chi connectivity index (χ0) is 51.5. The summed E-state index contributed by atoms with van der Waals surface area (Å²) >= 11 is 2.07. The van der Waals surface area contributed by atoms with Crippen LogP contribution in [-0.2, 0) is 33.5 Å². The van der Waals surface area contributed by atoms with Crippen molar-refractivity contribution < 1.29 is 0 Å². The molecule has 0 saturated heterocycles. The molecule has 0 saturated carbocycles. The van der Waals surface area contributed by atoms with Gasteiger partial charge in [0.25, 0.3) is 0 Å². The van der Waals surface area contributed by atoms with Crippen molar-refractivity contribution >= 4 is 99.8 Å². The van der Waals surface area contributed by atoms with Gasteiger partial charge in [0.1, 0.15) is 0 Å². The number of thiophene rings is 1. The molecule has 2 aliphatic carbocycles. The average Bonchev–Trinajstić information content (AvgIpc) is 4.07. The van der Waals surface area contributed by atoms with Gasteiger partial charge in [0.15, 0.2) is 0 Å². The van der Waals surface area contributed by atoms with Crippen molar-refractivity contribution in [1.29, 1.82) is 0 Å². The van der Waals surface area contributed by atoms with Gasteiger partial charge in [0.2, 0.25) is 6.71 Å². The lowest BCUT2D eigenvalue weighted by molar-refractivity contribution is 0.590. The smallest absolute Gasteiger partial charge is 0.239 e. The Morgan fingerprint density at radius 1 is 0.514 bits per heavy atom. The molecule has 10 aromatic rings. The molecule has 0 fully saturated rings. The molecule has 14 rings (SSSR count). The molecule has 5 heteroatoms. The Morgan fingerprint density at radius 3 is 1.66 bits per heavy atom. The first kappa shape index (κ1) is 46.0. The van der Waals surface area contributed by atoms with Gasteiger partial charge in [-0.1, -0.05) is 164 Å². The third-order valence-corrected chi connectivity index (χ3v) is 19.2. The van der Waals surface area contributed by atoms with Crippen molar-refractivity contribution in [1.82, 2.24) is 4.40 Å². The van der Waals surface area contributed by atoms with E-state index in [-0.39, 0.29) is 39.6 Å². The Bertz CT molecular complexity index is 4120. The molecule has 0 spiro atoms. The topological polar surface area (TPSA) is 10.9 Å². The van der Waals surface area contributed by atoms with Crippen molar-refractivity contribution in [2.24, 2.45) is 0 Å². The Kier molecular flexibility index (Phi) is 9.23. The highest BCUT2D eigenvalue weighted by molar-refractivity contribution is 7.32. The molecule has 368 valence electrons. The van der Waals surface area contributed by atoms with Crippen LogP contribution in [0.25, 0.3) is 54.2 Å².